The Morgan fingerprint density at radius 3 is 3.08 bits per heavy atom. The van der Waals surface area contributed by atoms with Crippen LogP contribution in [-0.2, 0) is 11.3 Å². The first-order valence-corrected chi connectivity index (χ1v) is 7.33. The van der Waals surface area contributed by atoms with E-state index in [1.54, 1.807) is 18.5 Å². The van der Waals surface area contributed by atoms with Crippen LogP contribution in [0.5, 0.6) is 0 Å². The minimum atomic E-state index is -0.432. The molecule has 0 bridgehead atoms. The number of carbonyl (C=O) groups excluding carboxylic acids is 2. The van der Waals surface area contributed by atoms with Crippen molar-refractivity contribution in [2.24, 2.45) is 0 Å². The maximum absolute atomic E-state index is 12.4. The molecule has 3 aromatic heterocycles. The topological polar surface area (TPSA) is 151 Å². The van der Waals surface area contributed by atoms with Gasteiger partial charge in [0.15, 0.2) is 23.1 Å². The SMILES string of the molecule is O=C1CNc2c(ncnc2C(=O)NCc2cc(-c3ncc[nH]3)no2)N1. The summed E-state index contributed by atoms with van der Waals surface area (Å²) in [5, 5.41) is 12.0. The zero-order valence-corrected chi connectivity index (χ0v) is 12.7. The lowest BCUT2D eigenvalue weighted by atomic mass is 10.2. The quantitative estimate of drug-likeness (QED) is 0.524. The highest BCUT2D eigenvalue weighted by molar-refractivity contribution is 6.06. The highest BCUT2D eigenvalue weighted by Gasteiger charge is 2.23. The number of carbonyl (C=O) groups is 2. The van der Waals surface area contributed by atoms with E-state index in [0.29, 0.717) is 23.0 Å². The van der Waals surface area contributed by atoms with Gasteiger partial charge < -0.3 is 25.5 Å². The molecule has 0 atom stereocenters. The average molecular weight is 340 g/mol. The van der Waals surface area contributed by atoms with E-state index in [-0.39, 0.29) is 30.5 Å². The van der Waals surface area contributed by atoms with Gasteiger partial charge in [-0.1, -0.05) is 5.16 Å². The van der Waals surface area contributed by atoms with Crippen molar-refractivity contribution >= 4 is 23.3 Å². The largest absolute Gasteiger partial charge is 0.371 e. The number of imidazole rings is 1. The van der Waals surface area contributed by atoms with E-state index in [1.165, 1.54) is 6.33 Å². The summed E-state index contributed by atoms with van der Waals surface area (Å²) in [4.78, 5) is 38.6. The van der Waals surface area contributed by atoms with Crippen LogP contribution in [0.3, 0.4) is 0 Å². The Morgan fingerprint density at radius 2 is 2.24 bits per heavy atom. The molecular formula is C14H12N8O3. The fourth-order valence-electron chi connectivity index (χ4n) is 2.33. The Bertz CT molecular complexity index is 933. The first-order valence-electron chi connectivity index (χ1n) is 7.33. The molecule has 2 amide bonds. The second-order valence-electron chi connectivity index (χ2n) is 5.15. The molecule has 11 nitrogen and oxygen atoms in total. The summed E-state index contributed by atoms with van der Waals surface area (Å²) in [5.74, 6) is 0.647. The molecule has 0 fully saturated rings. The number of hydrogen-bond acceptors (Lipinski definition) is 8. The number of anilines is 2. The highest BCUT2D eigenvalue weighted by atomic mass is 16.5. The van der Waals surface area contributed by atoms with Gasteiger partial charge in [-0.05, 0) is 0 Å². The Hall–Kier alpha value is -3.76. The normalized spacial score (nSPS) is 12.9. The number of aromatic nitrogens is 5. The monoisotopic (exact) mass is 340 g/mol. The van der Waals surface area contributed by atoms with Gasteiger partial charge >= 0.3 is 0 Å². The average Bonchev–Trinajstić information content (AvgIpc) is 3.30. The number of rotatable bonds is 4. The molecule has 0 saturated heterocycles. The molecule has 1 aliphatic rings. The molecule has 0 spiro atoms. The van der Waals surface area contributed by atoms with Gasteiger partial charge in [0, 0.05) is 18.5 Å². The van der Waals surface area contributed by atoms with Crippen LogP contribution in [0, 0.1) is 0 Å². The van der Waals surface area contributed by atoms with Gasteiger partial charge in [0.2, 0.25) is 5.91 Å². The van der Waals surface area contributed by atoms with Crippen molar-refractivity contribution in [1.82, 2.24) is 30.4 Å². The predicted molar refractivity (Wildman–Crippen MR) is 84.4 cm³/mol. The third kappa shape index (κ3) is 2.89. The Balaban J connectivity index is 1.46. The van der Waals surface area contributed by atoms with Crippen LogP contribution in [0.2, 0.25) is 0 Å². The number of nitrogens with one attached hydrogen (secondary N) is 4. The van der Waals surface area contributed by atoms with Crippen molar-refractivity contribution in [3.8, 4) is 11.5 Å². The maximum atomic E-state index is 12.4. The van der Waals surface area contributed by atoms with Gasteiger partial charge in [-0.2, -0.15) is 0 Å². The first kappa shape index (κ1) is 14.8. The van der Waals surface area contributed by atoms with Crippen molar-refractivity contribution in [1.29, 1.82) is 0 Å². The minimum absolute atomic E-state index is 0.0509. The third-order valence-electron chi connectivity index (χ3n) is 3.47. The lowest BCUT2D eigenvalue weighted by Crippen LogP contribution is -2.32. The Morgan fingerprint density at radius 1 is 1.32 bits per heavy atom. The number of aromatic amines is 1. The molecule has 0 unspecified atom stereocenters. The molecule has 4 N–H and O–H groups in total. The fraction of sp³-hybridized carbons (Fsp3) is 0.143. The molecule has 0 aromatic carbocycles. The molecule has 11 heteroatoms. The molecule has 4 rings (SSSR count). The summed E-state index contributed by atoms with van der Waals surface area (Å²) < 4.78 is 5.17. The molecule has 0 radical (unpaired) electrons. The molecule has 1 aliphatic heterocycles. The predicted octanol–water partition coefficient (Wildman–Crippen LogP) is 0.149. The van der Waals surface area contributed by atoms with Gasteiger partial charge in [-0.3, -0.25) is 9.59 Å². The van der Waals surface area contributed by atoms with E-state index in [0.717, 1.165) is 0 Å². The van der Waals surface area contributed by atoms with E-state index < -0.39 is 5.91 Å². The number of fused-ring (bicyclic) bond motifs is 1. The van der Waals surface area contributed by atoms with Crippen LogP contribution >= 0.6 is 0 Å². The summed E-state index contributed by atoms with van der Waals surface area (Å²) >= 11 is 0. The minimum Gasteiger partial charge on any atom is -0.371 e. The van der Waals surface area contributed by atoms with Crippen molar-refractivity contribution < 1.29 is 14.1 Å². The second-order valence-corrected chi connectivity index (χ2v) is 5.15. The standard InChI is InChI=1S/C14H12N8O3/c23-9-5-17-10-11(19-6-20-13(10)21-9)14(24)18-4-7-3-8(22-25-7)12-15-1-2-16-12/h1-3,6,17H,4-5H2,(H,15,16)(H,18,24)(H,19,20,21,23). The van der Waals surface area contributed by atoms with Gasteiger partial charge in [-0.15, -0.1) is 0 Å². The molecule has 126 valence electrons. The summed E-state index contributed by atoms with van der Waals surface area (Å²) in [5.41, 5.74) is 1.06. The van der Waals surface area contributed by atoms with Crippen molar-refractivity contribution in [2.45, 2.75) is 6.54 Å². The third-order valence-corrected chi connectivity index (χ3v) is 3.47. The number of nitrogens with zero attached hydrogens (tertiary/aromatic N) is 4. The molecular weight excluding hydrogens is 328 g/mol. The summed E-state index contributed by atoms with van der Waals surface area (Å²) in [6, 6.07) is 1.67. The van der Waals surface area contributed by atoms with E-state index in [2.05, 4.69) is 41.0 Å². The lowest BCUT2D eigenvalue weighted by Gasteiger charge is -2.19. The lowest BCUT2D eigenvalue weighted by molar-refractivity contribution is -0.114. The summed E-state index contributed by atoms with van der Waals surface area (Å²) in [6.45, 7) is 0.174. The van der Waals surface area contributed by atoms with E-state index >= 15 is 0 Å². The maximum Gasteiger partial charge on any atom is 0.272 e. The molecule has 25 heavy (non-hydrogen) atoms. The van der Waals surface area contributed by atoms with Crippen LogP contribution in [0.25, 0.3) is 11.5 Å². The van der Waals surface area contributed by atoms with Gasteiger partial charge in [0.25, 0.3) is 5.91 Å². The summed E-state index contributed by atoms with van der Waals surface area (Å²) in [6.07, 6.45) is 4.50. The molecule has 3 aromatic rings. The van der Waals surface area contributed by atoms with Crippen molar-refractivity contribution in [2.75, 3.05) is 17.2 Å². The van der Waals surface area contributed by atoms with E-state index in [4.69, 9.17) is 4.52 Å². The number of amides is 2. The Kier molecular flexibility index (Phi) is 3.57. The Labute approximate surface area is 140 Å². The number of H-pyrrole nitrogens is 1. The van der Waals surface area contributed by atoms with Gasteiger partial charge in [-0.25, -0.2) is 15.0 Å². The number of hydrogen-bond donors (Lipinski definition) is 4. The molecule has 0 saturated carbocycles. The van der Waals surface area contributed by atoms with Crippen LogP contribution in [0.15, 0.2) is 29.3 Å². The molecule has 0 aliphatic carbocycles. The fourth-order valence-corrected chi connectivity index (χ4v) is 2.33. The molecule has 4 heterocycles. The first-order chi connectivity index (χ1) is 12.2. The zero-order valence-electron chi connectivity index (χ0n) is 12.7. The van der Waals surface area contributed by atoms with Crippen molar-refractivity contribution in [3.05, 3.63) is 36.2 Å². The highest BCUT2D eigenvalue weighted by Crippen LogP contribution is 2.24. The van der Waals surface area contributed by atoms with Gasteiger partial charge in [0.05, 0.1) is 13.1 Å². The van der Waals surface area contributed by atoms with Crippen LogP contribution in [-0.4, -0.2) is 43.5 Å². The zero-order chi connectivity index (χ0) is 17.2. The summed E-state index contributed by atoms with van der Waals surface area (Å²) in [7, 11) is 0. The van der Waals surface area contributed by atoms with Crippen molar-refractivity contribution in [3.63, 3.8) is 0 Å². The smallest absolute Gasteiger partial charge is 0.272 e. The van der Waals surface area contributed by atoms with Crippen LogP contribution < -0.4 is 16.0 Å². The van der Waals surface area contributed by atoms with Gasteiger partial charge in [0.1, 0.15) is 17.7 Å². The second kappa shape index (κ2) is 6.03. The van der Waals surface area contributed by atoms with E-state index in [1.807, 2.05) is 0 Å². The van der Waals surface area contributed by atoms with Crippen LogP contribution in [0.4, 0.5) is 11.5 Å². The van der Waals surface area contributed by atoms with E-state index in [9.17, 15) is 9.59 Å². The van der Waals surface area contributed by atoms with Crippen LogP contribution in [0.1, 0.15) is 16.2 Å².